The Morgan fingerprint density at radius 1 is 1.35 bits per heavy atom. The van der Waals surface area contributed by atoms with Gasteiger partial charge in [-0.15, -0.1) is 11.6 Å². The monoisotopic (exact) mass is 255 g/mol. The van der Waals surface area contributed by atoms with E-state index in [-0.39, 0.29) is 5.88 Å². The van der Waals surface area contributed by atoms with E-state index in [0.717, 1.165) is 5.56 Å². The van der Waals surface area contributed by atoms with Gasteiger partial charge in [0.1, 0.15) is 11.9 Å². The summed E-state index contributed by atoms with van der Waals surface area (Å²) >= 11 is 5.38. The molecule has 1 aromatic carbocycles. The van der Waals surface area contributed by atoms with Gasteiger partial charge in [0.15, 0.2) is 0 Å². The molecular formula is C12H14ClNO3. The number of methoxy groups -OCH3 is 1. The second-order valence-corrected chi connectivity index (χ2v) is 3.73. The maximum absolute atomic E-state index is 11.5. The van der Waals surface area contributed by atoms with Gasteiger partial charge >= 0.3 is 5.97 Å². The summed E-state index contributed by atoms with van der Waals surface area (Å²) in [5, 5.41) is 2.52. The highest BCUT2D eigenvalue weighted by atomic mass is 35.5. The van der Waals surface area contributed by atoms with Gasteiger partial charge in [0.2, 0.25) is 5.91 Å². The van der Waals surface area contributed by atoms with Crippen molar-refractivity contribution in [1.82, 2.24) is 5.32 Å². The molecule has 1 rings (SSSR count). The lowest BCUT2D eigenvalue weighted by Crippen LogP contribution is -2.43. The minimum absolute atomic E-state index is 0.178. The molecule has 1 amide bonds. The lowest BCUT2D eigenvalue weighted by Gasteiger charge is -2.15. The van der Waals surface area contributed by atoms with E-state index in [1.165, 1.54) is 7.11 Å². The fourth-order valence-electron chi connectivity index (χ4n) is 1.42. The number of hydrogen-bond acceptors (Lipinski definition) is 3. The first-order valence-electron chi connectivity index (χ1n) is 5.14. The average Bonchev–Trinajstić information content (AvgIpc) is 2.38. The Bertz CT molecular complexity index is 381. The molecule has 0 aliphatic heterocycles. The standard InChI is InChI=1S/C12H14ClNO3/c1-17-12(16)10(14-11(15)8-13)7-9-5-3-2-4-6-9/h2-6,10H,7-8H2,1H3,(H,14,15)/t10-/m1/s1. The number of benzene rings is 1. The molecule has 0 unspecified atom stereocenters. The molecule has 0 aromatic heterocycles. The number of carbonyl (C=O) groups excluding carboxylic acids is 2. The van der Waals surface area contributed by atoms with Crippen molar-refractivity contribution in [2.75, 3.05) is 13.0 Å². The van der Waals surface area contributed by atoms with Crippen molar-refractivity contribution >= 4 is 23.5 Å². The number of alkyl halides is 1. The fraction of sp³-hybridized carbons (Fsp3) is 0.333. The van der Waals surface area contributed by atoms with Crippen LogP contribution in [0.3, 0.4) is 0 Å². The zero-order valence-corrected chi connectivity index (χ0v) is 10.2. The smallest absolute Gasteiger partial charge is 0.328 e. The van der Waals surface area contributed by atoms with Crippen LogP contribution in [0.2, 0.25) is 0 Å². The van der Waals surface area contributed by atoms with Crippen molar-refractivity contribution in [2.24, 2.45) is 0 Å². The van der Waals surface area contributed by atoms with Crippen LogP contribution in [-0.4, -0.2) is 30.9 Å². The lowest BCUT2D eigenvalue weighted by molar-refractivity contribution is -0.144. The molecule has 0 radical (unpaired) electrons. The SMILES string of the molecule is COC(=O)[C@@H](Cc1ccccc1)NC(=O)CCl. The van der Waals surface area contributed by atoms with E-state index in [1.807, 2.05) is 30.3 Å². The summed E-state index contributed by atoms with van der Waals surface area (Å²) in [5.74, 6) is -1.05. The zero-order chi connectivity index (χ0) is 12.7. The first-order chi connectivity index (χ1) is 8.17. The Labute approximate surface area is 105 Å². The number of hydrogen-bond donors (Lipinski definition) is 1. The molecule has 0 saturated heterocycles. The van der Waals surface area contributed by atoms with Gasteiger partial charge in [-0.3, -0.25) is 4.79 Å². The first kappa shape index (κ1) is 13.5. The minimum Gasteiger partial charge on any atom is -0.467 e. The Balaban J connectivity index is 2.70. The molecule has 92 valence electrons. The van der Waals surface area contributed by atoms with Crippen LogP contribution in [0.1, 0.15) is 5.56 Å². The molecule has 5 heteroatoms. The summed E-state index contributed by atoms with van der Waals surface area (Å²) in [6, 6.07) is 8.67. The van der Waals surface area contributed by atoms with Gasteiger partial charge in [-0.05, 0) is 5.56 Å². The highest BCUT2D eigenvalue weighted by molar-refractivity contribution is 6.27. The quantitative estimate of drug-likeness (QED) is 0.634. The third kappa shape index (κ3) is 4.44. The lowest BCUT2D eigenvalue weighted by atomic mass is 10.1. The molecular weight excluding hydrogens is 242 g/mol. The Morgan fingerprint density at radius 3 is 2.53 bits per heavy atom. The van der Waals surface area contributed by atoms with Crippen LogP contribution >= 0.6 is 11.6 Å². The van der Waals surface area contributed by atoms with Crippen molar-refractivity contribution in [3.63, 3.8) is 0 Å². The van der Waals surface area contributed by atoms with E-state index in [9.17, 15) is 9.59 Å². The molecule has 0 bridgehead atoms. The maximum Gasteiger partial charge on any atom is 0.328 e. The topological polar surface area (TPSA) is 55.4 Å². The van der Waals surface area contributed by atoms with Gasteiger partial charge < -0.3 is 10.1 Å². The first-order valence-corrected chi connectivity index (χ1v) is 5.68. The molecule has 17 heavy (non-hydrogen) atoms. The van der Waals surface area contributed by atoms with Gasteiger partial charge in [0.05, 0.1) is 7.11 Å². The average molecular weight is 256 g/mol. The number of carbonyl (C=O) groups is 2. The number of amides is 1. The van der Waals surface area contributed by atoms with Gasteiger partial charge in [-0.2, -0.15) is 0 Å². The van der Waals surface area contributed by atoms with Crippen LogP contribution in [0.5, 0.6) is 0 Å². The predicted molar refractivity (Wildman–Crippen MR) is 64.8 cm³/mol. The second kappa shape index (κ2) is 6.91. The summed E-state index contributed by atoms with van der Waals surface area (Å²) in [6.07, 6.45) is 0.385. The summed E-state index contributed by atoms with van der Waals surface area (Å²) in [5.41, 5.74) is 0.942. The minimum atomic E-state index is -0.700. The summed E-state index contributed by atoms with van der Waals surface area (Å²) < 4.78 is 4.63. The second-order valence-electron chi connectivity index (χ2n) is 3.47. The number of ether oxygens (including phenoxy) is 1. The third-order valence-corrected chi connectivity index (χ3v) is 2.47. The van der Waals surface area contributed by atoms with E-state index >= 15 is 0 Å². The molecule has 4 nitrogen and oxygen atoms in total. The molecule has 1 N–H and O–H groups in total. The third-order valence-electron chi connectivity index (χ3n) is 2.22. The fourth-order valence-corrected chi connectivity index (χ4v) is 1.50. The van der Waals surface area contributed by atoms with Crippen LogP contribution < -0.4 is 5.32 Å². The molecule has 0 fully saturated rings. The highest BCUT2D eigenvalue weighted by Gasteiger charge is 2.21. The van der Waals surface area contributed by atoms with E-state index in [0.29, 0.717) is 6.42 Å². The van der Waals surface area contributed by atoms with Crippen molar-refractivity contribution in [2.45, 2.75) is 12.5 Å². The van der Waals surface area contributed by atoms with E-state index in [4.69, 9.17) is 11.6 Å². The summed E-state index contributed by atoms with van der Waals surface area (Å²) in [7, 11) is 1.28. The molecule has 0 saturated carbocycles. The zero-order valence-electron chi connectivity index (χ0n) is 9.48. The van der Waals surface area contributed by atoms with E-state index < -0.39 is 17.9 Å². The number of halogens is 1. The van der Waals surface area contributed by atoms with Crippen LogP contribution in [0.4, 0.5) is 0 Å². The number of esters is 1. The normalized spacial score (nSPS) is 11.6. The molecule has 0 aliphatic carbocycles. The molecule has 1 aromatic rings. The summed E-state index contributed by atoms with van der Waals surface area (Å²) in [4.78, 5) is 22.7. The summed E-state index contributed by atoms with van der Waals surface area (Å²) in [6.45, 7) is 0. The molecule has 0 aliphatic rings. The van der Waals surface area contributed by atoms with Crippen molar-refractivity contribution in [3.05, 3.63) is 35.9 Å². The van der Waals surface area contributed by atoms with Crippen LogP contribution in [0.25, 0.3) is 0 Å². The Morgan fingerprint density at radius 2 is 2.00 bits per heavy atom. The predicted octanol–water partition coefficient (Wildman–Crippen LogP) is 1.13. The number of rotatable bonds is 5. The van der Waals surface area contributed by atoms with Crippen molar-refractivity contribution < 1.29 is 14.3 Å². The van der Waals surface area contributed by atoms with Gasteiger partial charge in [-0.25, -0.2) is 4.79 Å². The Kier molecular flexibility index (Phi) is 5.49. The van der Waals surface area contributed by atoms with Gasteiger partial charge in [0.25, 0.3) is 0 Å². The van der Waals surface area contributed by atoms with Crippen LogP contribution in [0, 0.1) is 0 Å². The Hall–Kier alpha value is -1.55. The van der Waals surface area contributed by atoms with Gasteiger partial charge in [-0.1, -0.05) is 30.3 Å². The van der Waals surface area contributed by atoms with E-state index in [2.05, 4.69) is 10.1 Å². The van der Waals surface area contributed by atoms with Crippen LogP contribution in [0.15, 0.2) is 30.3 Å². The largest absolute Gasteiger partial charge is 0.467 e. The van der Waals surface area contributed by atoms with Crippen molar-refractivity contribution in [3.8, 4) is 0 Å². The molecule has 0 heterocycles. The molecule has 1 atom stereocenters. The van der Waals surface area contributed by atoms with Crippen molar-refractivity contribution in [1.29, 1.82) is 0 Å². The van der Waals surface area contributed by atoms with Crippen LogP contribution in [-0.2, 0) is 20.7 Å². The van der Waals surface area contributed by atoms with E-state index in [1.54, 1.807) is 0 Å². The van der Waals surface area contributed by atoms with Gasteiger partial charge in [0, 0.05) is 6.42 Å². The highest BCUT2D eigenvalue weighted by Crippen LogP contribution is 2.04. The molecule has 0 spiro atoms. The maximum atomic E-state index is 11.5. The number of nitrogens with one attached hydrogen (secondary N) is 1.